The van der Waals surface area contributed by atoms with E-state index in [-0.39, 0.29) is 5.91 Å². The number of carbonyl (C=O) groups excluding carboxylic acids is 1. The van der Waals surface area contributed by atoms with Crippen LogP contribution in [0.4, 0.5) is 11.8 Å². The van der Waals surface area contributed by atoms with Crippen LogP contribution in [0.5, 0.6) is 11.5 Å². The van der Waals surface area contributed by atoms with Crippen LogP contribution in [0, 0.1) is 6.92 Å². The molecular weight excluding hydrogens is 444 g/mol. The lowest BCUT2D eigenvalue weighted by Gasteiger charge is -2.32. The van der Waals surface area contributed by atoms with Crippen molar-refractivity contribution in [3.63, 3.8) is 0 Å². The summed E-state index contributed by atoms with van der Waals surface area (Å²) in [5, 5.41) is 9.87. The van der Waals surface area contributed by atoms with Gasteiger partial charge in [-0.1, -0.05) is 19.8 Å². The molecule has 2 heterocycles. The molecule has 1 atom stereocenters. The number of pyridine rings is 1. The van der Waals surface area contributed by atoms with E-state index in [0.717, 1.165) is 47.4 Å². The number of aromatic nitrogens is 3. The van der Waals surface area contributed by atoms with Gasteiger partial charge in [-0.15, -0.1) is 0 Å². The Labute approximate surface area is 207 Å². The van der Waals surface area contributed by atoms with Crippen molar-refractivity contribution in [2.45, 2.75) is 59.0 Å². The summed E-state index contributed by atoms with van der Waals surface area (Å²) in [6, 6.07) is 7.62. The molecule has 0 aliphatic rings. The number of fused-ring (bicyclic) bond motifs is 1. The summed E-state index contributed by atoms with van der Waals surface area (Å²) in [7, 11) is 3.26. The first-order valence-electron chi connectivity index (χ1n) is 11.9. The third-order valence-electron chi connectivity index (χ3n) is 5.95. The van der Waals surface area contributed by atoms with Crippen LogP contribution >= 0.6 is 0 Å². The zero-order valence-electron chi connectivity index (χ0n) is 21.5. The fourth-order valence-electron chi connectivity index (χ4n) is 3.86. The molecule has 3 rings (SSSR count). The number of carbonyl (C=O) groups is 1. The number of hydrogen-bond donors (Lipinski definition) is 3. The average molecular weight is 481 g/mol. The number of nitrogens with one attached hydrogen (secondary N) is 3. The first-order chi connectivity index (χ1) is 16.8. The lowest BCUT2D eigenvalue weighted by molar-refractivity contribution is -0.119. The Hall–Kier alpha value is -3.62. The molecule has 9 heteroatoms. The third-order valence-corrected chi connectivity index (χ3v) is 5.95. The van der Waals surface area contributed by atoms with Crippen molar-refractivity contribution in [3.8, 4) is 11.5 Å². The minimum Gasteiger partial charge on any atom is -0.497 e. The summed E-state index contributed by atoms with van der Waals surface area (Å²) in [5.74, 6) is 2.49. The fraction of sp³-hybridized carbons (Fsp3) is 0.462. The topological polar surface area (TPSA) is 110 Å². The highest BCUT2D eigenvalue weighted by Gasteiger charge is 2.26. The van der Waals surface area contributed by atoms with Crippen LogP contribution in [0.15, 0.2) is 30.5 Å². The van der Waals surface area contributed by atoms with Gasteiger partial charge in [-0.2, -0.15) is 4.98 Å². The third kappa shape index (κ3) is 6.71. The molecule has 0 radical (unpaired) electrons. The maximum absolute atomic E-state index is 11.6. The van der Waals surface area contributed by atoms with E-state index in [0.29, 0.717) is 30.4 Å². The average Bonchev–Trinajstić information content (AvgIpc) is 2.85. The lowest BCUT2D eigenvalue weighted by Crippen LogP contribution is -2.46. The van der Waals surface area contributed by atoms with E-state index in [2.05, 4.69) is 34.8 Å². The molecule has 0 fully saturated rings. The Bertz CT molecular complexity index is 1170. The highest BCUT2D eigenvalue weighted by Crippen LogP contribution is 2.28. The molecule has 3 aromatic rings. The molecule has 0 aliphatic heterocycles. The molecule has 0 aliphatic carbocycles. The van der Waals surface area contributed by atoms with Gasteiger partial charge in [0.05, 0.1) is 25.3 Å². The summed E-state index contributed by atoms with van der Waals surface area (Å²) in [6.45, 7) is 8.73. The van der Waals surface area contributed by atoms with Gasteiger partial charge >= 0.3 is 0 Å². The van der Waals surface area contributed by atoms with Gasteiger partial charge in [0.25, 0.3) is 0 Å². The van der Waals surface area contributed by atoms with Crippen molar-refractivity contribution in [1.29, 1.82) is 0 Å². The Balaban J connectivity index is 1.95. The Morgan fingerprint density at radius 3 is 2.60 bits per heavy atom. The number of nitrogens with zero attached hydrogens (tertiary/aromatic N) is 3. The van der Waals surface area contributed by atoms with E-state index in [9.17, 15) is 4.79 Å². The molecule has 1 amide bonds. The van der Waals surface area contributed by atoms with Gasteiger partial charge in [-0.05, 0) is 44.0 Å². The largest absolute Gasteiger partial charge is 0.497 e. The first kappa shape index (κ1) is 26.0. The Morgan fingerprint density at radius 1 is 1.11 bits per heavy atom. The highest BCUT2D eigenvalue weighted by atomic mass is 16.5. The van der Waals surface area contributed by atoms with Crippen LogP contribution in [0.1, 0.15) is 51.2 Å². The SMILES string of the molecule is CCCC[C@](C)(CNC(C)=O)Nc1nc(NCc2ccc(OC)cc2OC)nc2c(C)ccnc12. The molecule has 35 heavy (non-hydrogen) atoms. The van der Waals surface area contributed by atoms with Gasteiger partial charge in [0.15, 0.2) is 5.82 Å². The van der Waals surface area contributed by atoms with Crippen molar-refractivity contribution in [1.82, 2.24) is 20.3 Å². The quantitative estimate of drug-likeness (QED) is 0.349. The van der Waals surface area contributed by atoms with Gasteiger partial charge in [-0.25, -0.2) is 4.98 Å². The van der Waals surface area contributed by atoms with Crippen molar-refractivity contribution in [2.24, 2.45) is 0 Å². The minimum absolute atomic E-state index is 0.0631. The zero-order chi connectivity index (χ0) is 25.4. The predicted octanol–water partition coefficient (Wildman–Crippen LogP) is 4.46. The molecule has 2 aromatic heterocycles. The Morgan fingerprint density at radius 2 is 1.91 bits per heavy atom. The minimum atomic E-state index is -0.398. The van der Waals surface area contributed by atoms with E-state index < -0.39 is 5.54 Å². The second kappa shape index (κ2) is 11.7. The summed E-state index contributed by atoms with van der Waals surface area (Å²) in [5.41, 5.74) is 3.02. The molecule has 0 saturated carbocycles. The van der Waals surface area contributed by atoms with Gasteiger partial charge in [0, 0.05) is 37.8 Å². The normalized spacial score (nSPS) is 12.6. The van der Waals surface area contributed by atoms with Crippen LogP contribution in [0.2, 0.25) is 0 Å². The molecule has 0 spiro atoms. The standard InChI is InChI=1S/C26H36N6O3/c1-7-8-12-26(4,16-29-18(3)33)32-24-23-22(17(2)11-13-27-23)30-25(31-24)28-15-19-9-10-20(34-5)14-21(19)35-6/h9-11,13-14H,7-8,12,15-16H2,1-6H3,(H,29,33)(H2,28,30,31,32)/t26-/m1/s1. The fourth-order valence-corrected chi connectivity index (χ4v) is 3.86. The van der Waals surface area contributed by atoms with Crippen LogP contribution in [-0.2, 0) is 11.3 Å². The maximum atomic E-state index is 11.6. The van der Waals surface area contributed by atoms with Crippen LogP contribution in [0.25, 0.3) is 11.0 Å². The van der Waals surface area contributed by atoms with Gasteiger partial charge in [0.1, 0.15) is 17.0 Å². The number of hydrogen-bond acceptors (Lipinski definition) is 8. The number of unbranched alkanes of at least 4 members (excludes halogenated alkanes) is 1. The highest BCUT2D eigenvalue weighted by molar-refractivity contribution is 5.88. The number of aryl methyl sites for hydroxylation is 1. The van der Waals surface area contributed by atoms with Crippen LogP contribution in [-0.4, -0.2) is 47.2 Å². The van der Waals surface area contributed by atoms with E-state index in [1.807, 2.05) is 31.2 Å². The van der Waals surface area contributed by atoms with Crippen molar-refractivity contribution in [3.05, 3.63) is 41.6 Å². The molecule has 3 N–H and O–H groups in total. The second-order valence-corrected chi connectivity index (χ2v) is 8.95. The Kier molecular flexibility index (Phi) is 8.68. The monoisotopic (exact) mass is 480 g/mol. The van der Waals surface area contributed by atoms with Gasteiger partial charge < -0.3 is 25.4 Å². The first-order valence-corrected chi connectivity index (χ1v) is 11.9. The molecule has 0 unspecified atom stereocenters. The smallest absolute Gasteiger partial charge is 0.225 e. The molecule has 188 valence electrons. The predicted molar refractivity (Wildman–Crippen MR) is 139 cm³/mol. The van der Waals surface area contributed by atoms with E-state index >= 15 is 0 Å². The van der Waals surface area contributed by atoms with E-state index in [1.165, 1.54) is 6.92 Å². The summed E-state index contributed by atoms with van der Waals surface area (Å²) in [6.07, 6.45) is 4.70. The second-order valence-electron chi connectivity index (χ2n) is 8.95. The maximum Gasteiger partial charge on any atom is 0.225 e. The van der Waals surface area contributed by atoms with Crippen LogP contribution in [0.3, 0.4) is 0 Å². The summed E-state index contributed by atoms with van der Waals surface area (Å²) >= 11 is 0. The summed E-state index contributed by atoms with van der Waals surface area (Å²) in [4.78, 5) is 25.7. The molecular formula is C26H36N6O3. The van der Waals surface area contributed by atoms with Crippen LogP contribution < -0.4 is 25.4 Å². The number of amides is 1. The molecule has 0 bridgehead atoms. The number of benzene rings is 1. The van der Waals surface area contributed by atoms with Crippen molar-refractivity contribution < 1.29 is 14.3 Å². The number of ether oxygens (including phenoxy) is 2. The van der Waals surface area contributed by atoms with Crippen molar-refractivity contribution >= 4 is 28.7 Å². The number of rotatable bonds is 12. The number of anilines is 2. The van der Waals surface area contributed by atoms with Crippen molar-refractivity contribution in [2.75, 3.05) is 31.4 Å². The molecule has 0 saturated heterocycles. The van der Waals surface area contributed by atoms with Gasteiger partial charge in [-0.3, -0.25) is 9.78 Å². The summed E-state index contributed by atoms with van der Waals surface area (Å²) < 4.78 is 10.8. The van der Waals surface area contributed by atoms with Gasteiger partial charge in [0.2, 0.25) is 11.9 Å². The number of methoxy groups -OCH3 is 2. The lowest BCUT2D eigenvalue weighted by atomic mass is 9.94. The van der Waals surface area contributed by atoms with E-state index in [1.54, 1.807) is 20.4 Å². The zero-order valence-corrected chi connectivity index (χ0v) is 21.5. The van der Waals surface area contributed by atoms with E-state index in [4.69, 9.17) is 19.4 Å². The molecule has 1 aromatic carbocycles. The molecule has 9 nitrogen and oxygen atoms in total.